The predicted molar refractivity (Wildman–Crippen MR) is 72.5 cm³/mol. The Morgan fingerprint density at radius 2 is 2.00 bits per heavy atom. The first kappa shape index (κ1) is 15.5. The number of amides is 1. The number of hydrogen-bond acceptors (Lipinski definition) is 4. The molecule has 0 aliphatic heterocycles. The summed E-state index contributed by atoms with van der Waals surface area (Å²) < 4.78 is 15.3. The van der Waals surface area contributed by atoms with Gasteiger partial charge in [-0.1, -0.05) is 0 Å². The van der Waals surface area contributed by atoms with Crippen molar-refractivity contribution in [3.05, 3.63) is 29.3 Å². The van der Waals surface area contributed by atoms with Crippen LogP contribution in [0.25, 0.3) is 0 Å². The molecule has 5 nitrogen and oxygen atoms in total. The van der Waals surface area contributed by atoms with Crippen LogP contribution in [0.5, 0.6) is 5.75 Å². The number of rotatable bonds is 7. The van der Waals surface area contributed by atoms with Gasteiger partial charge in [0.25, 0.3) is 5.91 Å². The molecule has 0 heterocycles. The molecule has 1 aromatic rings. The molecule has 5 heteroatoms. The van der Waals surface area contributed by atoms with Crippen molar-refractivity contribution < 1.29 is 19.0 Å². The molecular formula is C14H21NO4. The van der Waals surface area contributed by atoms with Crippen LogP contribution in [0.2, 0.25) is 0 Å². The van der Waals surface area contributed by atoms with Gasteiger partial charge in [-0.2, -0.15) is 0 Å². The van der Waals surface area contributed by atoms with E-state index in [1.165, 1.54) is 0 Å². The lowest BCUT2D eigenvalue weighted by atomic mass is 10.1. The fourth-order valence-electron chi connectivity index (χ4n) is 1.79. The van der Waals surface area contributed by atoms with Gasteiger partial charge in [-0.05, 0) is 25.1 Å². The van der Waals surface area contributed by atoms with E-state index in [0.717, 1.165) is 5.56 Å². The summed E-state index contributed by atoms with van der Waals surface area (Å²) in [6, 6.07) is 5.24. The SMILES string of the molecule is COCc1cc(C(=O)N[C@H](C)COC)ccc1OC. The highest BCUT2D eigenvalue weighted by atomic mass is 16.5. The Bertz CT molecular complexity index is 420. The highest BCUT2D eigenvalue weighted by Crippen LogP contribution is 2.20. The van der Waals surface area contributed by atoms with Crippen molar-refractivity contribution >= 4 is 5.91 Å². The van der Waals surface area contributed by atoms with E-state index in [2.05, 4.69) is 5.32 Å². The number of methoxy groups -OCH3 is 3. The summed E-state index contributed by atoms with van der Waals surface area (Å²) in [6.07, 6.45) is 0. The number of carbonyl (C=O) groups is 1. The third-order valence-electron chi connectivity index (χ3n) is 2.64. The minimum Gasteiger partial charge on any atom is -0.496 e. The molecule has 0 spiro atoms. The average Bonchev–Trinajstić information content (AvgIpc) is 2.39. The second-order valence-corrected chi connectivity index (χ2v) is 4.29. The Labute approximate surface area is 113 Å². The molecule has 19 heavy (non-hydrogen) atoms. The number of carbonyl (C=O) groups excluding carboxylic acids is 1. The third-order valence-corrected chi connectivity index (χ3v) is 2.64. The van der Waals surface area contributed by atoms with Gasteiger partial charge in [0.15, 0.2) is 0 Å². The molecule has 0 unspecified atom stereocenters. The molecule has 1 rings (SSSR count). The van der Waals surface area contributed by atoms with E-state index in [9.17, 15) is 4.79 Å². The third kappa shape index (κ3) is 4.54. The highest BCUT2D eigenvalue weighted by molar-refractivity contribution is 5.94. The largest absolute Gasteiger partial charge is 0.496 e. The Balaban J connectivity index is 2.82. The number of hydrogen-bond donors (Lipinski definition) is 1. The second-order valence-electron chi connectivity index (χ2n) is 4.29. The molecule has 0 aliphatic rings. The first-order valence-electron chi connectivity index (χ1n) is 6.08. The van der Waals surface area contributed by atoms with Crippen LogP contribution in [0.1, 0.15) is 22.8 Å². The molecule has 0 saturated carbocycles. The van der Waals surface area contributed by atoms with Crippen LogP contribution in [0.4, 0.5) is 0 Å². The minimum atomic E-state index is -0.135. The van der Waals surface area contributed by atoms with E-state index >= 15 is 0 Å². The van der Waals surface area contributed by atoms with E-state index in [-0.39, 0.29) is 11.9 Å². The number of benzene rings is 1. The van der Waals surface area contributed by atoms with Gasteiger partial charge in [-0.15, -0.1) is 0 Å². The zero-order valence-corrected chi connectivity index (χ0v) is 11.9. The average molecular weight is 267 g/mol. The van der Waals surface area contributed by atoms with Crippen molar-refractivity contribution in [1.29, 1.82) is 0 Å². The second kappa shape index (κ2) is 7.76. The van der Waals surface area contributed by atoms with Crippen molar-refractivity contribution in [2.75, 3.05) is 27.9 Å². The first-order valence-corrected chi connectivity index (χ1v) is 6.08. The summed E-state index contributed by atoms with van der Waals surface area (Å²) in [5, 5.41) is 2.86. The van der Waals surface area contributed by atoms with E-state index < -0.39 is 0 Å². The zero-order chi connectivity index (χ0) is 14.3. The van der Waals surface area contributed by atoms with Crippen molar-refractivity contribution in [1.82, 2.24) is 5.32 Å². The van der Waals surface area contributed by atoms with Gasteiger partial charge in [0.1, 0.15) is 5.75 Å². The molecule has 0 saturated heterocycles. The van der Waals surface area contributed by atoms with Crippen LogP contribution >= 0.6 is 0 Å². The van der Waals surface area contributed by atoms with E-state index in [1.54, 1.807) is 39.5 Å². The van der Waals surface area contributed by atoms with Crippen molar-refractivity contribution in [2.45, 2.75) is 19.6 Å². The van der Waals surface area contributed by atoms with E-state index in [1.807, 2.05) is 6.92 Å². The molecule has 1 atom stereocenters. The molecule has 0 aliphatic carbocycles. The lowest BCUT2D eigenvalue weighted by Crippen LogP contribution is -2.35. The highest BCUT2D eigenvalue weighted by Gasteiger charge is 2.12. The van der Waals surface area contributed by atoms with Crippen molar-refractivity contribution in [3.8, 4) is 5.75 Å². The van der Waals surface area contributed by atoms with Gasteiger partial charge in [0.2, 0.25) is 0 Å². The Hall–Kier alpha value is -1.59. The quantitative estimate of drug-likeness (QED) is 0.815. The Morgan fingerprint density at radius 1 is 1.26 bits per heavy atom. The summed E-state index contributed by atoms with van der Waals surface area (Å²) in [6.45, 7) is 2.77. The zero-order valence-electron chi connectivity index (χ0n) is 11.9. The van der Waals surface area contributed by atoms with Crippen LogP contribution in [-0.2, 0) is 16.1 Å². The van der Waals surface area contributed by atoms with Gasteiger partial charge in [0, 0.05) is 31.4 Å². The molecule has 1 aromatic carbocycles. The van der Waals surface area contributed by atoms with Crippen molar-refractivity contribution in [3.63, 3.8) is 0 Å². The van der Waals surface area contributed by atoms with Crippen LogP contribution in [0, 0.1) is 0 Å². The summed E-state index contributed by atoms with van der Waals surface area (Å²) in [4.78, 5) is 12.0. The predicted octanol–water partition coefficient (Wildman–Crippen LogP) is 1.61. The summed E-state index contributed by atoms with van der Waals surface area (Å²) in [5.74, 6) is 0.577. The fourth-order valence-corrected chi connectivity index (χ4v) is 1.79. The fraction of sp³-hybridized carbons (Fsp3) is 0.500. The number of ether oxygens (including phenoxy) is 3. The normalized spacial score (nSPS) is 12.0. The summed E-state index contributed by atoms with van der Waals surface area (Å²) in [5.41, 5.74) is 1.42. The molecule has 0 aromatic heterocycles. The van der Waals surface area contributed by atoms with E-state index in [4.69, 9.17) is 14.2 Å². The molecule has 0 bridgehead atoms. The van der Waals surface area contributed by atoms with Crippen LogP contribution < -0.4 is 10.1 Å². The maximum absolute atomic E-state index is 12.0. The van der Waals surface area contributed by atoms with E-state index in [0.29, 0.717) is 24.5 Å². The number of nitrogens with one attached hydrogen (secondary N) is 1. The minimum absolute atomic E-state index is 0.0366. The Morgan fingerprint density at radius 3 is 2.58 bits per heavy atom. The lowest BCUT2D eigenvalue weighted by Gasteiger charge is -2.14. The molecule has 0 radical (unpaired) electrons. The van der Waals surface area contributed by atoms with Gasteiger partial charge in [-0.25, -0.2) is 0 Å². The van der Waals surface area contributed by atoms with Gasteiger partial charge >= 0.3 is 0 Å². The first-order chi connectivity index (χ1) is 9.12. The molecule has 1 amide bonds. The van der Waals surface area contributed by atoms with Crippen LogP contribution in [0.15, 0.2) is 18.2 Å². The van der Waals surface area contributed by atoms with Crippen LogP contribution in [-0.4, -0.2) is 39.9 Å². The molecule has 0 fully saturated rings. The molecular weight excluding hydrogens is 246 g/mol. The maximum atomic E-state index is 12.0. The van der Waals surface area contributed by atoms with Gasteiger partial charge < -0.3 is 19.5 Å². The summed E-state index contributed by atoms with van der Waals surface area (Å²) >= 11 is 0. The topological polar surface area (TPSA) is 56.8 Å². The van der Waals surface area contributed by atoms with Gasteiger partial charge in [0.05, 0.1) is 20.3 Å². The van der Waals surface area contributed by atoms with Crippen molar-refractivity contribution in [2.24, 2.45) is 0 Å². The monoisotopic (exact) mass is 267 g/mol. The summed E-state index contributed by atoms with van der Waals surface area (Å²) in [7, 11) is 4.80. The maximum Gasteiger partial charge on any atom is 0.251 e. The molecule has 106 valence electrons. The lowest BCUT2D eigenvalue weighted by molar-refractivity contribution is 0.0905. The standard InChI is InChI=1S/C14H21NO4/c1-10(8-17-2)15-14(16)11-5-6-13(19-4)12(7-11)9-18-3/h5-7,10H,8-9H2,1-4H3,(H,15,16)/t10-/m1/s1. The molecule has 1 N–H and O–H groups in total. The Kier molecular flexibility index (Phi) is 6.32. The van der Waals surface area contributed by atoms with Crippen LogP contribution in [0.3, 0.4) is 0 Å². The smallest absolute Gasteiger partial charge is 0.251 e. The van der Waals surface area contributed by atoms with Gasteiger partial charge in [-0.3, -0.25) is 4.79 Å².